The Labute approximate surface area is 196 Å². The van der Waals surface area contributed by atoms with Crippen LogP contribution < -0.4 is 0 Å². The molecule has 6 heteroatoms. The van der Waals surface area contributed by atoms with Gasteiger partial charge in [0, 0.05) is 32.3 Å². The summed E-state index contributed by atoms with van der Waals surface area (Å²) >= 11 is 6.86. The average Bonchev–Trinajstić information content (AvgIpc) is 2.62. The molecule has 0 fully saturated rings. The second kappa shape index (κ2) is 8.78. The number of halogens is 3. The van der Waals surface area contributed by atoms with Crippen molar-refractivity contribution in [2.24, 2.45) is 0 Å². The van der Waals surface area contributed by atoms with Crippen LogP contribution in [-0.4, -0.2) is 5.97 Å². The minimum atomic E-state index is -2.14. The molecule has 134 valence electrons. The Bertz CT molecular complexity index is 796. The van der Waals surface area contributed by atoms with E-state index in [0.717, 1.165) is 25.4 Å². The van der Waals surface area contributed by atoms with Crippen molar-refractivity contribution >= 4 is 84.1 Å². The number of carbonyl (C=O) groups is 1. The number of carbonyl (C=O) groups excluding carboxylic acids is 1. The molecule has 0 aliphatic heterocycles. The van der Waals surface area contributed by atoms with Crippen LogP contribution in [0.15, 0.2) is 87.5 Å². The van der Waals surface area contributed by atoms with Gasteiger partial charge in [0.25, 0.3) is 0 Å². The summed E-state index contributed by atoms with van der Waals surface area (Å²) in [6.45, 7) is 1.48. The van der Waals surface area contributed by atoms with Gasteiger partial charge in [-0.15, -0.1) is 0 Å². The lowest BCUT2D eigenvalue weighted by molar-refractivity contribution is -0.131. The maximum Gasteiger partial charge on any atom is 0.313 e. The Morgan fingerprint density at radius 1 is 0.654 bits per heavy atom. The van der Waals surface area contributed by atoms with Crippen molar-refractivity contribution in [3.63, 3.8) is 0 Å². The number of rotatable bonds is 4. The average molecular weight is 700 g/mol. The smallest absolute Gasteiger partial charge is 0.313 e. The molecule has 26 heavy (non-hydrogen) atoms. The van der Waals surface area contributed by atoms with Gasteiger partial charge >= 0.3 is 5.97 Å². The molecule has 0 unspecified atom stereocenters. The third kappa shape index (κ3) is 4.39. The zero-order valence-electron chi connectivity index (χ0n) is 13.8. The normalized spacial score (nSPS) is 11.8. The molecule has 3 aromatic carbocycles. The molecule has 0 spiro atoms. The van der Waals surface area contributed by atoms with E-state index in [9.17, 15) is 4.79 Å². The third-order valence-electron chi connectivity index (χ3n) is 3.68. The lowest BCUT2D eigenvalue weighted by Gasteiger charge is -2.39. The van der Waals surface area contributed by atoms with E-state index in [-0.39, 0.29) is 5.97 Å². The number of hydrogen-bond acceptors (Lipinski definition) is 2. The zero-order valence-corrected chi connectivity index (χ0v) is 21.1. The summed E-state index contributed by atoms with van der Waals surface area (Å²) in [5.41, 5.74) is 0. The van der Waals surface area contributed by atoms with Crippen molar-refractivity contribution in [1.29, 1.82) is 0 Å². The molecule has 0 aliphatic carbocycles. The third-order valence-corrected chi connectivity index (χ3v) is 9.13. The highest BCUT2D eigenvalue weighted by Crippen LogP contribution is 2.69. The van der Waals surface area contributed by atoms with Gasteiger partial charge in [-0.05, 0) is 151 Å². The summed E-state index contributed by atoms with van der Waals surface area (Å²) in [5, 5.41) is 0. The second-order valence-corrected chi connectivity index (χ2v) is 11.9. The first-order valence-corrected chi connectivity index (χ1v) is 12.5. The van der Waals surface area contributed by atoms with Crippen LogP contribution in [0.1, 0.15) is 6.92 Å². The van der Waals surface area contributed by atoms with E-state index in [4.69, 9.17) is 4.18 Å². The molecular weight excluding hydrogens is 685 g/mol. The van der Waals surface area contributed by atoms with Crippen LogP contribution in [-0.2, 0) is 8.98 Å². The number of benzene rings is 3. The first-order valence-electron chi connectivity index (χ1n) is 7.72. The molecule has 3 aromatic rings. The zero-order chi connectivity index (χ0) is 18.7. The van der Waals surface area contributed by atoms with Crippen molar-refractivity contribution in [2.45, 2.75) is 21.6 Å². The van der Waals surface area contributed by atoms with E-state index in [0.29, 0.717) is 0 Å². The fraction of sp³-hybridized carbons (Fsp3) is 0.0500. The predicted octanol–water partition coefficient (Wildman–Crippen LogP) is 7.26. The molecule has 0 saturated carbocycles. The maximum atomic E-state index is 12.2. The van der Waals surface area contributed by atoms with Crippen LogP contribution in [0.5, 0.6) is 0 Å². The van der Waals surface area contributed by atoms with Gasteiger partial charge in [0.1, 0.15) is 0 Å². The standard InChI is InChI=1S/C20H15I3O2S/c1-14(24)25-26(18-8-2-15(21)3-9-18,19-10-4-16(22)5-11-19)20-12-6-17(23)7-13-20/h2-13H,1H3. The predicted molar refractivity (Wildman–Crippen MR) is 132 cm³/mol. The molecule has 0 aliphatic rings. The molecule has 0 N–H and O–H groups in total. The van der Waals surface area contributed by atoms with Crippen molar-refractivity contribution in [3.8, 4) is 0 Å². The first-order chi connectivity index (χ1) is 12.4. The molecule has 0 radical (unpaired) electrons. The van der Waals surface area contributed by atoms with Gasteiger partial charge in [-0.25, -0.2) is 0 Å². The van der Waals surface area contributed by atoms with Gasteiger partial charge in [-0.3, -0.25) is 4.79 Å². The van der Waals surface area contributed by atoms with Crippen LogP contribution in [0.25, 0.3) is 0 Å². The van der Waals surface area contributed by atoms with E-state index in [1.807, 2.05) is 0 Å². The van der Waals surface area contributed by atoms with Gasteiger partial charge in [-0.1, -0.05) is 0 Å². The highest BCUT2D eigenvalue weighted by molar-refractivity contribution is 14.1. The van der Waals surface area contributed by atoms with E-state index in [1.54, 1.807) is 0 Å². The van der Waals surface area contributed by atoms with E-state index >= 15 is 0 Å². The van der Waals surface area contributed by atoms with Crippen LogP contribution in [0.2, 0.25) is 0 Å². The lowest BCUT2D eigenvalue weighted by Crippen LogP contribution is -2.11. The molecule has 0 heterocycles. The Kier molecular flexibility index (Phi) is 6.89. The van der Waals surface area contributed by atoms with Crippen molar-refractivity contribution in [3.05, 3.63) is 83.5 Å². The summed E-state index contributed by atoms with van der Waals surface area (Å²) in [4.78, 5) is 15.2. The largest absolute Gasteiger partial charge is 0.402 e. The number of hydrogen-bond donors (Lipinski definition) is 0. The van der Waals surface area contributed by atoms with Gasteiger partial charge < -0.3 is 4.18 Å². The molecule has 0 saturated heterocycles. The Hall–Kier alpha value is -0.330. The summed E-state index contributed by atoms with van der Waals surface area (Å²) in [5.74, 6) is -0.282. The van der Waals surface area contributed by atoms with Gasteiger partial charge in [0.15, 0.2) is 0 Å². The van der Waals surface area contributed by atoms with Gasteiger partial charge in [0.05, 0.1) is 0 Å². The topological polar surface area (TPSA) is 26.3 Å². The van der Waals surface area contributed by atoms with Gasteiger partial charge in [0.2, 0.25) is 0 Å². The minimum Gasteiger partial charge on any atom is -0.402 e. The SMILES string of the molecule is CC(=O)OS(c1ccc(I)cc1)(c1ccc(I)cc1)c1ccc(I)cc1. The van der Waals surface area contributed by atoms with Crippen LogP contribution >= 0.6 is 78.1 Å². The summed E-state index contributed by atoms with van der Waals surface area (Å²) in [6.07, 6.45) is 0. The van der Waals surface area contributed by atoms with Crippen molar-refractivity contribution < 1.29 is 8.98 Å². The molecule has 0 amide bonds. The van der Waals surface area contributed by atoms with E-state index < -0.39 is 10.3 Å². The maximum absolute atomic E-state index is 12.2. The molecule has 3 rings (SSSR count). The van der Waals surface area contributed by atoms with Crippen molar-refractivity contribution in [1.82, 2.24) is 0 Å². The highest BCUT2D eigenvalue weighted by Gasteiger charge is 2.34. The van der Waals surface area contributed by atoms with Gasteiger partial charge in [-0.2, -0.15) is 0 Å². The molecular formula is C20H15I3O2S. The second-order valence-electron chi connectivity index (χ2n) is 5.49. The quantitative estimate of drug-likeness (QED) is 0.268. The minimum absolute atomic E-state index is 0.282. The summed E-state index contributed by atoms with van der Waals surface area (Å²) in [7, 11) is -2.14. The van der Waals surface area contributed by atoms with Crippen molar-refractivity contribution in [2.75, 3.05) is 0 Å². The fourth-order valence-corrected chi connectivity index (χ4v) is 6.70. The Morgan fingerprint density at radius 2 is 0.923 bits per heavy atom. The van der Waals surface area contributed by atoms with Crippen LogP contribution in [0.4, 0.5) is 0 Å². The highest BCUT2D eigenvalue weighted by atomic mass is 127. The molecule has 0 atom stereocenters. The summed E-state index contributed by atoms with van der Waals surface area (Å²) < 4.78 is 9.59. The Morgan fingerprint density at radius 3 is 1.15 bits per heavy atom. The Balaban J connectivity index is 2.33. The molecule has 0 bridgehead atoms. The summed E-state index contributed by atoms with van der Waals surface area (Å²) in [6, 6.07) is 24.7. The monoisotopic (exact) mass is 700 g/mol. The van der Waals surface area contributed by atoms with E-state index in [1.165, 1.54) is 6.92 Å². The molecule has 0 aromatic heterocycles. The van der Waals surface area contributed by atoms with Crippen LogP contribution in [0, 0.1) is 10.7 Å². The van der Waals surface area contributed by atoms with Crippen LogP contribution in [0.3, 0.4) is 0 Å². The fourth-order valence-electron chi connectivity index (χ4n) is 2.61. The first kappa shape index (κ1) is 20.4. The molecule has 2 nitrogen and oxygen atoms in total. The van der Waals surface area contributed by atoms with E-state index in [2.05, 4.69) is 141 Å². The lowest BCUT2D eigenvalue weighted by atomic mass is 10.4.